The highest BCUT2D eigenvalue weighted by atomic mass is 32.2. The number of aryl methyl sites for hydroxylation is 1. The quantitative estimate of drug-likeness (QED) is 0.253. The fourth-order valence-corrected chi connectivity index (χ4v) is 6.04. The van der Waals surface area contributed by atoms with Gasteiger partial charge in [-0.2, -0.15) is 0 Å². The topological polar surface area (TPSA) is 96.0 Å². The Hall–Kier alpha value is -4.70. The van der Waals surface area contributed by atoms with Crippen LogP contribution in [0.25, 0.3) is 0 Å². The molecule has 4 aromatic rings. The SMILES string of the molecule is CNC(=O)C(Cc1ccccc1)N(Cc1ccc(F)cc1)C(=O)CN(c1cccc(OC)c1)S(=O)(=O)c1ccc(C)cc1. The van der Waals surface area contributed by atoms with Crippen LogP contribution in [0.3, 0.4) is 0 Å². The van der Waals surface area contributed by atoms with Crippen LogP contribution in [0.1, 0.15) is 16.7 Å². The third-order valence-electron chi connectivity index (χ3n) is 7.01. The molecular weight excluding hydrogens is 569 g/mol. The average molecular weight is 604 g/mol. The number of nitrogens with zero attached hydrogens (tertiary/aromatic N) is 2. The normalized spacial score (nSPS) is 11.8. The van der Waals surface area contributed by atoms with E-state index in [1.54, 1.807) is 30.3 Å². The summed E-state index contributed by atoms with van der Waals surface area (Å²) in [4.78, 5) is 28.9. The predicted octanol–water partition coefficient (Wildman–Crippen LogP) is 4.72. The summed E-state index contributed by atoms with van der Waals surface area (Å²) in [5.74, 6) is -1.08. The molecule has 1 atom stereocenters. The van der Waals surface area contributed by atoms with Gasteiger partial charge in [0.2, 0.25) is 11.8 Å². The summed E-state index contributed by atoms with van der Waals surface area (Å²) in [5, 5.41) is 2.64. The number of nitrogens with one attached hydrogen (secondary N) is 1. The maximum absolute atomic E-state index is 14.3. The maximum atomic E-state index is 14.3. The van der Waals surface area contributed by atoms with Gasteiger partial charge in [-0.15, -0.1) is 0 Å². The Kier molecular flexibility index (Phi) is 10.2. The summed E-state index contributed by atoms with van der Waals surface area (Å²) in [6.45, 7) is 1.19. The number of sulfonamides is 1. The number of anilines is 1. The molecule has 0 aliphatic rings. The molecule has 8 nitrogen and oxygen atoms in total. The molecule has 0 saturated carbocycles. The fraction of sp³-hybridized carbons (Fsp3) is 0.212. The van der Waals surface area contributed by atoms with Crippen molar-refractivity contribution < 1.29 is 27.1 Å². The molecule has 4 aromatic carbocycles. The van der Waals surface area contributed by atoms with E-state index in [1.807, 2.05) is 37.3 Å². The molecule has 1 N–H and O–H groups in total. The number of hydrogen-bond acceptors (Lipinski definition) is 5. The predicted molar refractivity (Wildman–Crippen MR) is 164 cm³/mol. The van der Waals surface area contributed by atoms with E-state index in [9.17, 15) is 22.4 Å². The Morgan fingerprint density at radius 2 is 1.56 bits per heavy atom. The fourth-order valence-electron chi connectivity index (χ4n) is 4.64. The molecule has 0 aliphatic heterocycles. The van der Waals surface area contributed by atoms with E-state index in [-0.39, 0.29) is 23.5 Å². The smallest absolute Gasteiger partial charge is 0.264 e. The van der Waals surface area contributed by atoms with E-state index >= 15 is 0 Å². The summed E-state index contributed by atoms with van der Waals surface area (Å²) < 4.78 is 48.2. The second-order valence-electron chi connectivity index (χ2n) is 9.99. The minimum atomic E-state index is -4.23. The van der Waals surface area contributed by atoms with Crippen molar-refractivity contribution in [2.75, 3.05) is 25.0 Å². The molecule has 0 spiro atoms. The first-order valence-electron chi connectivity index (χ1n) is 13.6. The second-order valence-corrected chi connectivity index (χ2v) is 11.9. The first kappa shape index (κ1) is 31.2. The summed E-state index contributed by atoms with van der Waals surface area (Å²) in [6, 6.07) is 26.6. The molecule has 0 radical (unpaired) electrons. The van der Waals surface area contributed by atoms with Crippen LogP contribution in [0, 0.1) is 12.7 Å². The number of likely N-dealkylation sites (N-methyl/N-ethyl adjacent to an activating group) is 1. The van der Waals surface area contributed by atoms with Gasteiger partial charge in [-0.1, -0.05) is 66.2 Å². The van der Waals surface area contributed by atoms with Gasteiger partial charge >= 0.3 is 0 Å². The minimum Gasteiger partial charge on any atom is -0.497 e. The van der Waals surface area contributed by atoms with Crippen LogP contribution in [-0.2, 0) is 32.6 Å². The maximum Gasteiger partial charge on any atom is 0.264 e. The van der Waals surface area contributed by atoms with Gasteiger partial charge in [-0.25, -0.2) is 12.8 Å². The van der Waals surface area contributed by atoms with Crippen LogP contribution in [0.15, 0.2) is 108 Å². The van der Waals surface area contributed by atoms with Crippen molar-refractivity contribution in [1.82, 2.24) is 10.2 Å². The largest absolute Gasteiger partial charge is 0.497 e. The molecular formula is C33H34FN3O5S. The highest BCUT2D eigenvalue weighted by Gasteiger charge is 2.34. The second kappa shape index (κ2) is 14.0. The van der Waals surface area contributed by atoms with E-state index < -0.39 is 40.2 Å². The molecule has 0 bridgehead atoms. The number of carbonyl (C=O) groups excluding carboxylic acids is 2. The van der Waals surface area contributed by atoms with Crippen LogP contribution in [0.5, 0.6) is 5.75 Å². The molecule has 0 fully saturated rings. The lowest BCUT2D eigenvalue weighted by Gasteiger charge is -2.33. The summed E-state index contributed by atoms with van der Waals surface area (Å²) in [7, 11) is -1.29. The zero-order valence-corrected chi connectivity index (χ0v) is 25.1. The Bertz CT molecular complexity index is 1650. The molecule has 1 unspecified atom stereocenters. The van der Waals surface area contributed by atoms with Crippen LogP contribution in [0.2, 0.25) is 0 Å². The lowest BCUT2D eigenvalue weighted by Crippen LogP contribution is -2.53. The van der Waals surface area contributed by atoms with Gasteiger partial charge in [0.25, 0.3) is 10.0 Å². The van der Waals surface area contributed by atoms with Crippen LogP contribution in [-0.4, -0.2) is 51.9 Å². The standard InChI is InChI=1S/C33H34FN3O5S/c1-24-12-18-30(19-13-24)43(40,41)37(28-10-7-11-29(21-28)42-3)23-32(38)36(22-26-14-16-27(34)17-15-26)31(33(39)35-2)20-25-8-5-4-6-9-25/h4-19,21,31H,20,22-23H2,1-3H3,(H,35,39). The van der Waals surface area contributed by atoms with Gasteiger partial charge in [0.05, 0.1) is 17.7 Å². The van der Waals surface area contributed by atoms with Crippen molar-refractivity contribution in [3.8, 4) is 5.75 Å². The number of ether oxygens (including phenoxy) is 1. The number of rotatable bonds is 12. The molecule has 0 aromatic heterocycles. The van der Waals surface area contributed by atoms with Gasteiger partial charge < -0.3 is 15.0 Å². The first-order valence-corrected chi connectivity index (χ1v) is 15.1. The Morgan fingerprint density at radius 3 is 2.19 bits per heavy atom. The number of amides is 2. The molecule has 0 heterocycles. The third kappa shape index (κ3) is 7.78. The zero-order valence-electron chi connectivity index (χ0n) is 24.2. The monoisotopic (exact) mass is 603 g/mol. The van der Waals surface area contributed by atoms with Crippen LogP contribution in [0.4, 0.5) is 10.1 Å². The van der Waals surface area contributed by atoms with Crippen LogP contribution < -0.4 is 14.4 Å². The van der Waals surface area contributed by atoms with E-state index in [4.69, 9.17) is 4.74 Å². The molecule has 0 saturated heterocycles. The zero-order chi connectivity index (χ0) is 31.0. The lowest BCUT2D eigenvalue weighted by molar-refractivity contribution is -0.139. The highest BCUT2D eigenvalue weighted by Crippen LogP contribution is 2.28. The Morgan fingerprint density at radius 1 is 0.884 bits per heavy atom. The van der Waals surface area contributed by atoms with Gasteiger partial charge in [-0.05, 0) is 54.4 Å². The molecule has 4 rings (SSSR count). The number of carbonyl (C=O) groups is 2. The molecule has 43 heavy (non-hydrogen) atoms. The van der Waals surface area contributed by atoms with E-state index in [1.165, 1.54) is 61.5 Å². The minimum absolute atomic E-state index is 0.00550. The summed E-state index contributed by atoms with van der Waals surface area (Å²) in [6.07, 6.45) is 0.178. The first-order chi connectivity index (χ1) is 20.6. The highest BCUT2D eigenvalue weighted by molar-refractivity contribution is 7.92. The number of halogens is 1. The van der Waals surface area contributed by atoms with Crippen molar-refractivity contribution in [3.05, 3.63) is 126 Å². The lowest BCUT2D eigenvalue weighted by atomic mass is 10.0. The number of benzene rings is 4. The van der Waals surface area contributed by atoms with Crippen LogP contribution >= 0.6 is 0 Å². The summed E-state index contributed by atoms with van der Waals surface area (Å²) in [5.41, 5.74) is 2.48. The van der Waals surface area contributed by atoms with Gasteiger partial charge in [0.1, 0.15) is 24.2 Å². The van der Waals surface area contributed by atoms with E-state index in [0.717, 1.165) is 15.4 Å². The van der Waals surface area contributed by atoms with E-state index in [0.29, 0.717) is 11.3 Å². The van der Waals surface area contributed by atoms with Crippen molar-refractivity contribution >= 4 is 27.5 Å². The van der Waals surface area contributed by atoms with Crippen molar-refractivity contribution in [1.29, 1.82) is 0 Å². The van der Waals surface area contributed by atoms with Crippen molar-refractivity contribution in [3.63, 3.8) is 0 Å². The molecule has 0 aliphatic carbocycles. The van der Waals surface area contributed by atoms with Crippen molar-refractivity contribution in [2.24, 2.45) is 0 Å². The molecule has 224 valence electrons. The number of hydrogen-bond donors (Lipinski definition) is 1. The van der Waals surface area contributed by atoms with E-state index in [2.05, 4.69) is 5.32 Å². The van der Waals surface area contributed by atoms with Crippen molar-refractivity contribution in [2.45, 2.75) is 30.8 Å². The molecule has 2 amide bonds. The number of methoxy groups -OCH3 is 1. The molecule has 10 heteroatoms. The van der Waals surface area contributed by atoms with Gasteiger partial charge in [-0.3, -0.25) is 13.9 Å². The Labute approximate surface area is 251 Å². The van der Waals surface area contributed by atoms with Gasteiger partial charge in [0, 0.05) is 26.1 Å². The summed E-state index contributed by atoms with van der Waals surface area (Å²) >= 11 is 0. The Balaban J connectivity index is 1.79. The average Bonchev–Trinajstić information content (AvgIpc) is 3.02. The van der Waals surface area contributed by atoms with Gasteiger partial charge in [0.15, 0.2) is 0 Å². The third-order valence-corrected chi connectivity index (χ3v) is 8.80.